The molecule has 2 amide bonds. The molecule has 8 heteroatoms. The number of carbonyl (C=O) groups excluding carboxylic acids is 2. The van der Waals surface area contributed by atoms with E-state index in [1.54, 1.807) is 36.5 Å². The van der Waals surface area contributed by atoms with Gasteiger partial charge < -0.3 is 25.2 Å². The van der Waals surface area contributed by atoms with Gasteiger partial charge in [0.15, 0.2) is 11.5 Å². The SMILES string of the molecule is COc1ccc(NC(=O)C(=O)NCC2(c3ccc(C(C)O)s3)CCCC2)cc1OC. The van der Waals surface area contributed by atoms with Gasteiger partial charge in [0.1, 0.15) is 0 Å². The van der Waals surface area contributed by atoms with Crippen LogP contribution in [0.15, 0.2) is 30.3 Å². The zero-order valence-corrected chi connectivity index (χ0v) is 18.3. The van der Waals surface area contributed by atoms with Crippen molar-refractivity contribution in [1.82, 2.24) is 5.32 Å². The van der Waals surface area contributed by atoms with Gasteiger partial charge >= 0.3 is 11.8 Å². The summed E-state index contributed by atoms with van der Waals surface area (Å²) in [5.74, 6) is -0.405. The highest BCUT2D eigenvalue weighted by atomic mass is 32.1. The molecule has 3 rings (SSSR count). The standard InChI is InChI=1S/C22H28N2O5S/c1-14(25)18-8-9-19(30-18)22(10-4-5-11-22)13-23-20(26)21(27)24-15-6-7-16(28-2)17(12-15)29-3/h6-9,12,14,25H,4-5,10-11,13H2,1-3H3,(H,23,26)(H,24,27). The Hall–Kier alpha value is -2.58. The van der Waals surface area contributed by atoms with Crippen molar-refractivity contribution in [2.75, 3.05) is 26.1 Å². The first-order valence-electron chi connectivity index (χ1n) is 9.98. The van der Waals surface area contributed by atoms with Gasteiger partial charge in [-0.3, -0.25) is 9.59 Å². The molecule has 0 bridgehead atoms. The van der Waals surface area contributed by atoms with E-state index in [2.05, 4.69) is 10.6 Å². The summed E-state index contributed by atoms with van der Waals surface area (Å²) in [6.45, 7) is 2.14. The number of hydrogen-bond donors (Lipinski definition) is 3. The van der Waals surface area contributed by atoms with Crippen LogP contribution in [0.2, 0.25) is 0 Å². The second kappa shape index (κ2) is 9.49. The Morgan fingerprint density at radius 2 is 1.80 bits per heavy atom. The van der Waals surface area contributed by atoms with Crippen LogP contribution in [0.4, 0.5) is 5.69 Å². The minimum absolute atomic E-state index is 0.183. The lowest BCUT2D eigenvalue weighted by Gasteiger charge is -2.28. The van der Waals surface area contributed by atoms with Crippen molar-refractivity contribution in [2.45, 2.75) is 44.1 Å². The Labute approximate surface area is 180 Å². The minimum Gasteiger partial charge on any atom is -0.493 e. The van der Waals surface area contributed by atoms with E-state index in [0.29, 0.717) is 23.7 Å². The van der Waals surface area contributed by atoms with Gasteiger partial charge in [0, 0.05) is 33.5 Å². The lowest BCUT2D eigenvalue weighted by molar-refractivity contribution is -0.136. The Kier molecular flexibility index (Phi) is 6.99. The van der Waals surface area contributed by atoms with E-state index in [-0.39, 0.29) is 5.41 Å². The molecule has 1 aromatic heterocycles. The lowest BCUT2D eigenvalue weighted by Crippen LogP contribution is -2.43. The molecule has 1 heterocycles. The third-order valence-corrected chi connectivity index (χ3v) is 7.06. The number of nitrogens with one attached hydrogen (secondary N) is 2. The molecule has 30 heavy (non-hydrogen) atoms. The van der Waals surface area contributed by atoms with Gasteiger partial charge in [-0.05, 0) is 44.0 Å². The van der Waals surface area contributed by atoms with Gasteiger partial charge in [-0.15, -0.1) is 11.3 Å². The molecule has 1 fully saturated rings. The van der Waals surface area contributed by atoms with Gasteiger partial charge in [0.25, 0.3) is 0 Å². The smallest absolute Gasteiger partial charge is 0.313 e. The molecule has 1 saturated carbocycles. The van der Waals surface area contributed by atoms with E-state index in [1.807, 2.05) is 12.1 Å². The highest BCUT2D eigenvalue weighted by Gasteiger charge is 2.37. The topological polar surface area (TPSA) is 96.9 Å². The fourth-order valence-electron chi connectivity index (χ4n) is 3.86. The van der Waals surface area contributed by atoms with Crippen molar-refractivity contribution in [3.05, 3.63) is 40.1 Å². The Balaban J connectivity index is 1.65. The molecule has 0 saturated heterocycles. The monoisotopic (exact) mass is 432 g/mol. The third kappa shape index (κ3) is 4.76. The number of rotatable bonds is 7. The third-order valence-electron chi connectivity index (χ3n) is 5.56. The molecule has 1 aromatic carbocycles. The van der Waals surface area contributed by atoms with E-state index in [1.165, 1.54) is 14.2 Å². The van der Waals surface area contributed by atoms with Crippen LogP contribution in [-0.2, 0) is 15.0 Å². The first-order valence-corrected chi connectivity index (χ1v) is 10.8. The Morgan fingerprint density at radius 3 is 2.40 bits per heavy atom. The quantitative estimate of drug-likeness (QED) is 0.583. The van der Waals surface area contributed by atoms with Gasteiger partial charge in [-0.25, -0.2) is 0 Å². The maximum atomic E-state index is 12.5. The zero-order valence-electron chi connectivity index (χ0n) is 17.5. The van der Waals surface area contributed by atoms with Gasteiger partial charge in [-0.2, -0.15) is 0 Å². The van der Waals surface area contributed by atoms with Gasteiger partial charge in [0.05, 0.1) is 20.3 Å². The van der Waals surface area contributed by atoms with Gasteiger partial charge in [0.2, 0.25) is 0 Å². The summed E-state index contributed by atoms with van der Waals surface area (Å²) in [5, 5.41) is 15.2. The van der Waals surface area contributed by atoms with Crippen LogP contribution in [0.1, 0.15) is 48.5 Å². The van der Waals surface area contributed by atoms with Crippen LogP contribution in [0, 0.1) is 0 Å². The van der Waals surface area contributed by atoms with Crippen LogP contribution in [-0.4, -0.2) is 37.7 Å². The van der Waals surface area contributed by atoms with E-state index in [9.17, 15) is 14.7 Å². The number of ether oxygens (including phenoxy) is 2. The summed E-state index contributed by atoms with van der Waals surface area (Å²) in [6.07, 6.45) is 3.55. The first kappa shape index (κ1) is 22.1. The normalized spacial score (nSPS) is 16.0. The highest BCUT2D eigenvalue weighted by Crippen LogP contribution is 2.44. The average molecular weight is 433 g/mol. The number of aliphatic hydroxyl groups excluding tert-OH is 1. The zero-order chi connectivity index (χ0) is 21.7. The first-order chi connectivity index (χ1) is 14.4. The van der Waals surface area contributed by atoms with Crippen molar-refractivity contribution in [3.8, 4) is 11.5 Å². The van der Waals surface area contributed by atoms with E-state index < -0.39 is 17.9 Å². The number of aliphatic hydroxyl groups is 1. The summed E-state index contributed by atoms with van der Waals surface area (Å²) >= 11 is 1.58. The van der Waals surface area contributed by atoms with Crippen LogP contribution < -0.4 is 20.1 Å². The molecule has 1 aliphatic carbocycles. The second-order valence-corrected chi connectivity index (χ2v) is 8.69. The number of methoxy groups -OCH3 is 2. The second-order valence-electron chi connectivity index (χ2n) is 7.57. The summed E-state index contributed by atoms with van der Waals surface area (Å²) in [7, 11) is 3.03. The Morgan fingerprint density at radius 1 is 1.10 bits per heavy atom. The van der Waals surface area contributed by atoms with E-state index >= 15 is 0 Å². The Bertz CT molecular complexity index is 903. The molecule has 0 radical (unpaired) electrons. The molecule has 0 spiro atoms. The summed E-state index contributed by atoms with van der Waals surface area (Å²) < 4.78 is 10.4. The van der Waals surface area contributed by atoms with Crippen LogP contribution in [0.25, 0.3) is 0 Å². The van der Waals surface area contributed by atoms with Crippen molar-refractivity contribution in [2.24, 2.45) is 0 Å². The van der Waals surface area contributed by atoms with Crippen molar-refractivity contribution < 1.29 is 24.2 Å². The number of anilines is 1. The van der Waals surface area contributed by atoms with Crippen LogP contribution >= 0.6 is 11.3 Å². The molecule has 162 valence electrons. The van der Waals surface area contributed by atoms with Crippen molar-refractivity contribution in [1.29, 1.82) is 0 Å². The summed E-state index contributed by atoms with van der Waals surface area (Å²) in [6, 6.07) is 8.89. The van der Waals surface area contributed by atoms with Gasteiger partial charge in [-0.1, -0.05) is 12.8 Å². The number of thiophene rings is 1. The maximum Gasteiger partial charge on any atom is 0.313 e. The lowest BCUT2D eigenvalue weighted by atomic mass is 9.84. The van der Waals surface area contributed by atoms with Crippen LogP contribution in [0.5, 0.6) is 11.5 Å². The largest absolute Gasteiger partial charge is 0.493 e. The maximum absolute atomic E-state index is 12.5. The number of amides is 2. The van der Waals surface area contributed by atoms with Crippen LogP contribution in [0.3, 0.4) is 0 Å². The molecule has 1 unspecified atom stereocenters. The summed E-state index contributed by atoms with van der Waals surface area (Å²) in [5.41, 5.74) is 0.264. The molecule has 2 aromatic rings. The fraction of sp³-hybridized carbons (Fsp3) is 0.455. The van der Waals surface area contributed by atoms with E-state index in [0.717, 1.165) is 35.4 Å². The molecule has 7 nitrogen and oxygen atoms in total. The molecule has 0 aliphatic heterocycles. The average Bonchev–Trinajstić information content (AvgIpc) is 3.42. The van der Waals surface area contributed by atoms with Crippen molar-refractivity contribution in [3.63, 3.8) is 0 Å². The van der Waals surface area contributed by atoms with E-state index in [4.69, 9.17) is 9.47 Å². The number of carbonyl (C=O) groups is 2. The fourth-order valence-corrected chi connectivity index (χ4v) is 5.05. The minimum atomic E-state index is -0.730. The number of benzene rings is 1. The molecule has 3 N–H and O–H groups in total. The molecule has 1 atom stereocenters. The summed E-state index contributed by atoms with van der Waals surface area (Å²) in [4.78, 5) is 26.9. The highest BCUT2D eigenvalue weighted by molar-refractivity contribution is 7.12. The van der Waals surface area contributed by atoms with Crippen molar-refractivity contribution >= 4 is 28.8 Å². The number of hydrogen-bond acceptors (Lipinski definition) is 6. The molecular weight excluding hydrogens is 404 g/mol. The molecule has 1 aliphatic rings. The predicted octanol–water partition coefficient (Wildman–Crippen LogP) is 3.39. The predicted molar refractivity (Wildman–Crippen MR) is 116 cm³/mol. The molecular formula is C22H28N2O5S.